The molecule has 1 atom stereocenters. The molecule has 1 saturated heterocycles. The topological polar surface area (TPSA) is 39.9 Å². The third kappa shape index (κ3) is 6.88. The van der Waals surface area contributed by atoms with E-state index in [1.807, 2.05) is 12.1 Å². The molecule has 2 aliphatic rings. The molecule has 1 unspecified atom stereocenters. The lowest BCUT2D eigenvalue weighted by Gasteiger charge is -2.43. The molecule has 180 valence electrons. The molecule has 32 heavy (non-hydrogen) atoms. The lowest BCUT2D eigenvalue weighted by atomic mass is 9.72. The van der Waals surface area contributed by atoms with Crippen molar-refractivity contribution in [3.05, 3.63) is 58.5 Å². The van der Waals surface area contributed by atoms with E-state index < -0.39 is 5.60 Å². The van der Waals surface area contributed by atoms with Crippen LogP contribution in [-0.2, 0) is 13.0 Å². The summed E-state index contributed by atoms with van der Waals surface area (Å²) in [7, 11) is 0. The number of furan rings is 1. The van der Waals surface area contributed by atoms with Gasteiger partial charge in [-0.05, 0) is 42.7 Å². The summed E-state index contributed by atoms with van der Waals surface area (Å²) < 4.78 is 5.89. The Morgan fingerprint density at radius 1 is 0.969 bits per heavy atom. The molecule has 1 aliphatic carbocycles. The van der Waals surface area contributed by atoms with Crippen molar-refractivity contribution < 1.29 is 9.52 Å². The number of aliphatic hydroxyl groups is 1. The number of aryl methyl sites for hydroxylation is 1. The lowest BCUT2D eigenvalue weighted by molar-refractivity contribution is -0.0345. The second-order valence-electron chi connectivity index (χ2n) is 9.07. The molecule has 0 bridgehead atoms. The normalized spacial score (nSPS) is 20.2. The van der Waals surface area contributed by atoms with Crippen LogP contribution in [-0.4, -0.2) is 53.2 Å². The molecule has 2 aromatic rings. The van der Waals surface area contributed by atoms with E-state index in [0.717, 1.165) is 87.9 Å². The Hall–Kier alpha value is -0.750. The number of nitrogens with zero attached hydrogens (tertiary/aromatic N) is 2. The Labute approximate surface area is 210 Å². The third-order valence-electron chi connectivity index (χ3n) is 6.97. The highest BCUT2D eigenvalue weighted by atomic mass is 35.5. The van der Waals surface area contributed by atoms with Crippen molar-refractivity contribution in [3.63, 3.8) is 0 Å². The van der Waals surface area contributed by atoms with E-state index in [4.69, 9.17) is 16.0 Å². The minimum Gasteiger partial charge on any atom is -0.465 e. The summed E-state index contributed by atoms with van der Waals surface area (Å²) in [5.41, 5.74) is 0.558. The standard InChI is InChI=1S/C25H35ClN2O2.2ClH/c1-2-22-9-10-23(30-22)18-27-13-15-28(16-14-27)19-24(20-7-6-8-21(26)17-20)25(29)11-4-3-5-12-25;;/h6-10,17,24,29H,2-5,11-16,18-19H2,1H3;2*1H. The maximum Gasteiger partial charge on any atom is 0.118 e. The fourth-order valence-corrected chi connectivity index (χ4v) is 5.33. The third-order valence-corrected chi connectivity index (χ3v) is 7.21. The van der Waals surface area contributed by atoms with Crippen molar-refractivity contribution >= 4 is 36.4 Å². The van der Waals surface area contributed by atoms with Gasteiger partial charge in [0.25, 0.3) is 0 Å². The van der Waals surface area contributed by atoms with Crippen molar-refractivity contribution in [1.29, 1.82) is 0 Å². The van der Waals surface area contributed by atoms with E-state index in [0.29, 0.717) is 0 Å². The van der Waals surface area contributed by atoms with Gasteiger partial charge < -0.3 is 14.4 Å². The van der Waals surface area contributed by atoms with Gasteiger partial charge in [0.1, 0.15) is 11.5 Å². The highest BCUT2D eigenvalue weighted by Gasteiger charge is 2.40. The van der Waals surface area contributed by atoms with Crippen LogP contribution in [0.3, 0.4) is 0 Å². The summed E-state index contributed by atoms with van der Waals surface area (Å²) in [5.74, 6) is 2.24. The first-order valence-electron chi connectivity index (χ1n) is 11.6. The minimum atomic E-state index is -0.620. The summed E-state index contributed by atoms with van der Waals surface area (Å²) in [4.78, 5) is 4.99. The summed E-state index contributed by atoms with van der Waals surface area (Å²) in [6.07, 6.45) is 6.19. The first kappa shape index (κ1) is 27.5. The second-order valence-corrected chi connectivity index (χ2v) is 9.51. The van der Waals surface area contributed by atoms with Crippen molar-refractivity contribution in [2.24, 2.45) is 0 Å². The fraction of sp³-hybridized carbons (Fsp3) is 0.600. The van der Waals surface area contributed by atoms with Gasteiger partial charge in [0.15, 0.2) is 0 Å². The van der Waals surface area contributed by atoms with Gasteiger partial charge in [-0.1, -0.05) is 49.9 Å². The first-order valence-corrected chi connectivity index (χ1v) is 11.9. The molecule has 1 aliphatic heterocycles. The Balaban J connectivity index is 0.00000181. The molecular weight excluding hydrogens is 467 g/mol. The highest BCUT2D eigenvalue weighted by Crippen LogP contribution is 2.41. The number of halogens is 3. The molecule has 2 heterocycles. The number of benzene rings is 1. The van der Waals surface area contributed by atoms with Crippen LogP contribution in [0.1, 0.15) is 62.0 Å². The van der Waals surface area contributed by atoms with Gasteiger partial charge in [0.05, 0.1) is 12.1 Å². The molecule has 0 spiro atoms. The van der Waals surface area contributed by atoms with Gasteiger partial charge in [0, 0.05) is 50.1 Å². The number of piperazine rings is 1. The Morgan fingerprint density at radius 3 is 2.25 bits per heavy atom. The summed E-state index contributed by atoms with van der Waals surface area (Å²) >= 11 is 6.31. The van der Waals surface area contributed by atoms with E-state index >= 15 is 0 Å². The molecule has 4 nitrogen and oxygen atoms in total. The maximum absolute atomic E-state index is 11.6. The van der Waals surface area contributed by atoms with Gasteiger partial charge in [-0.15, -0.1) is 24.8 Å². The van der Waals surface area contributed by atoms with Crippen LogP contribution in [0.2, 0.25) is 5.02 Å². The molecule has 2 fully saturated rings. The van der Waals surface area contributed by atoms with Gasteiger partial charge in [-0.3, -0.25) is 4.90 Å². The quantitative estimate of drug-likeness (QED) is 0.508. The van der Waals surface area contributed by atoms with E-state index in [-0.39, 0.29) is 30.7 Å². The van der Waals surface area contributed by atoms with Crippen LogP contribution >= 0.6 is 36.4 Å². The zero-order valence-corrected chi connectivity index (χ0v) is 21.4. The summed E-state index contributed by atoms with van der Waals surface area (Å²) in [5, 5.41) is 12.3. The minimum absolute atomic E-state index is 0. The molecule has 1 N–H and O–H groups in total. The Kier molecular flexibility index (Phi) is 10.9. The molecule has 1 saturated carbocycles. The Bertz CT molecular complexity index is 815. The SMILES string of the molecule is CCc1ccc(CN2CCN(CC(c3cccc(Cl)c3)C3(O)CCCCC3)CC2)o1.Cl.Cl. The second kappa shape index (κ2) is 12.6. The van der Waals surface area contributed by atoms with Gasteiger partial charge in [-0.2, -0.15) is 0 Å². The first-order chi connectivity index (χ1) is 14.6. The molecule has 1 aromatic carbocycles. The van der Waals surface area contributed by atoms with Crippen molar-refractivity contribution in [3.8, 4) is 0 Å². The van der Waals surface area contributed by atoms with Crippen LogP contribution < -0.4 is 0 Å². The molecule has 4 rings (SSSR count). The molecule has 0 radical (unpaired) electrons. The van der Waals surface area contributed by atoms with Crippen molar-refractivity contribution in [2.45, 2.75) is 63.5 Å². The average molecular weight is 504 g/mol. The highest BCUT2D eigenvalue weighted by molar-refractivity contribution is 6.30. The van der Waals surface area contributed by atoms with E-state index in [2.05, 4.69) is 41.0 Å². The smallest absolute Gasteiger partial charge is 0.118 e. The van der Waals surface area contributed by atoms with Gasteiger partial charge in [-0.25, -0.2) is 0 Å². The van der Waals surface area contributed by atoms with E-state index in [1.165, 1.54) is 12.0 Å². The predicted molar refractivity (Wildman–Crippen MR) is 137 cm³/mol. The molecule has 1 aromatic heterocycles. The number of hydrogen-bond donors (Lipinski definition) is 1. The monoisotopic (exact) mass is 502 g/mol. The average Bonchev–Trinajstić information content (AvgIpc) is 3.21. The van der Waals surface area contributed by atoms with E-state index in [9.17, 15) is 5.11 Å². The summed E-state index contributed by atoms with van der Waals surface area (Å²) in [6.45, 7) is 8.01. The fourth-order valence-electron chi connectivity index (χ4n) is 5.13. The molecular formula is C25H37Cl3N2O2. The number of hydrogen-bond acceptors (Lipinski definition) is 4. The predicted octanol–water partition coefficient (Wildman–Crippen LogP) is 5.94. The maximum atomic E-state index is 11.6. The van der Waals surface area contributed by atoms with Gasteiger partial charge >= 0.3 is 0 Å². The largest absolute Gasteiger partial charge is 0.465 e. The Morgan fingerprint density at radius 2 is 1.62 bits per heavy atom. The molecule has 0 amide bonds. The summed E-state index contributed by atoms with van der Waals surface area (Å²) in [6, 6.07) is 12.3. The van der Waals surface area contributed by atoms with Gasteiger partial charge in [0.2, 0.25) is 0 Å². The lowest BCUT2D eigenvalue weighted by Crippen LogP contribution is -2.50. The van der Waals surface area contributed by atoms with Crippen LogP contribution in [0.15, 0.2) is 40.8 Å². The molecule has 7 heteroatoms. The van der Waals surface area contributed by atoms with Crippen LogP contribution in [0.25, 0.3) is 0 Å². The number of rotatable bonds is 7. The van der Waals surface area contributed by atoms with Crippen molar-refractivity contribution in [2.75, 3.05) is 32.7 Å². The zero-order chi connectivity index (χ0) is 21.0. The van der Waals surface area contributed by atoms with Crippen LogP contribution in [0.4, 0.5) is 0 Å². The van der Waals surface area contributed by atoms with Crippen LogP contribution in [0.5, 0.6) is 0 Å². The van der Waals surface area contributed by atoms with E-state index in [1.54, 1.807) is 0 Å². The van der Waals surface area contributed by atoms with Crippen molar-refractivity contribution in [1.82, 2.24) is 9.80 Å². The zero-order valence-electron chi connectivity index (χ0n) is 19.0. The van der Waals surface area contributed by atoms with Crippen LogP contribution in [0, 0.1) is 0 Å².